The number of nitrogens with zero attached hydrogens (tertiary/aromatic N) is 1. The van der Waals surface area contributed by atoms with Gasteiger partial charge in [0.25, 0.3) is 0 Å². The summed E-state index contributed by atoms with van der Waals surface area (Å²) in [7, 11) is 0. The van der Waals surface area contributed by atoms with E-state index in [1.54, 1.807) is 0 Å². The molecule has 2 aromatic carbocycles. The summed E-state index contributed by atoms with van der Waals surface area (Å²) in [5, 5.41) is 26.2. The molecule has 3 aromatic rings. The number of aliphatic hydroxyl groups excluding tert-OH is 2. The molecule has 5 N–H and O–H groups in total. The fourth-order valence-corrected chi connectivity index (χ4v) is 6.78. The van der Waals surface area contributed by atoms with Gasteiger partial charge >= 0.3 is 0 Å². The Balaban J connectivity index is 1.31. The Morgan fingerprint density at radius 1 is 1.02 bits per heavy atom. The van der Waals surface area contributed by atoms with Gasteiger partial charge in [0.15, 0.2) is 0 Å². The van der Waals surface area contributed by atoms with Crippen molar-refractivity contribution in [1.82, 2.24) is 20.5 Å². The molecular formula is C32H42N4O4. The molecule has 214 valence electrons. The maximum Gasteiger partial charge on any atom is 0.245 e. The van der Waals surface area contributed by atoms with Crippen molar-refractivity contribution in [1.29, 1.82) is 0 Å². The van der Waals surface area contributed by atoms with Crippen LogP contribution in [0, 0.1) is 0 Å². The molecule has 0 saturated carbocycles. The number of hydrogen-bond donors (Lipinski definition) is 5. The molecule has 40 heavy (non-hydrogen) atoms. The minimum atomic E-state index is -0.695. The minimum Gasteiger partial charge on any atom is -0.395 e. The van der Waals surface area contributed by atoms with Gasteiger partial charge in [-0.3, -0.25) is 9.59 Å². The quantitative estimate of drug-likeness (QED) is 0.268. The number of aliphatic hydroxyl groups is 2. The Morgan fingerprint density at radius 3 is 2.48 bits per heavy atom. The van der Waals surface area contributed by atoms with E-state index < -0.39 is 17.6 Å². The van der Waals surface area contributed by atoms with E-state index in [2.05, 4.69) is 39.9 Å². The number of nitrogens with one attached hydrogen (secondary N) is 3. The van der Waals surface area contributed by atoms with Crippen LogP contribution >= 0.6 is 0 Å². The Bertz CT molecular complexity index is 1340. The van der Waals surface area contributed by atoms with Gasteiger partial charge in [0, 0.05) is 48.6 Å². The first kappa shape index (κ1) is 28.3. The number of fused-ring (bicyclic) bond motifs is 3. The van der Waals surface area contributed by atoms with E-state index in [1.165, 1.54) is 11.1 Å². The molecule has 8 nitrogen and oxygen atoms in total. The number of carbonyl (C=O) groups is 2. The van der Waals surface area contributed by atoms with Crippen LogP contribution in [-0.4, -0.2) is 75.8 Å². The van der Waals surface area contributed by atoms with E-state index in [4.69, 9.17) is 0 Å². The minimum absolute atomic E-state index is 0.0471. The monoisotopic (exact) mass is 546 g/mol. The third-order valence-corrected chi connectivity index (χ3v) is 8.86. The third-order valence-electron chi connectivity index (χ3n) is 8.86. The fraction of sp³-hybridized carbons (Fsp3) is 0.500. The standard InChI is InChI=1S/C32H42N4O4/c1-31(2,35-24(20-37)21-38)18-29(39)34-28(17-23-19-33-27-10-6-4-8-25(23)27)30(40)36-15-13-32(14-16-36)12-11-22-7-3-5-9-26(22)32/h3-10,19,24,28,33,35,37-38H,11-18,20-21H2,1-2H3,(H,34,39). The summed E-state index contributed by atoms with van der Waals surface area (Å²) in [4.78, 5) is 32.5. The van der Waals surface area contributed by atoms with Crippen molar-refractivity contribution in [3.05, 3.63) is 71.4 Å². The first-order chi connectivity index (χ1) is 19.2. The van der Waals surface area contributed by atoms with Crippen LogP contribution in [0.3, 0.4) is 0 Å². The van der Waals surface area contributed by atoms with E-state index in [1.807, 2.05) is 49.2 Å². The molecule has 1 aliphatic carbocycles. The summed E-state index contributed by atoms with van der Waals surface area (Å²) in [5.74, 6) is -0.294. The van der Waals surface area contributed by atoms with Crippen molar-refractivity contribution in [2.75, 3.05) is 26.3 Å². The molecule has 2 heterocycles. The second kappa shape index (κ2) is 11.7. The largest absolute Gasteiger partial charge is 0.395 e. The lowest BCUT2D eigenvalue weighted by Crippen LogP contribution is -2.55. The van der Waals surface area contributed by atoms with Crippen molar-refractivity contribution in [3.63, 3.8) is 0 Å². The number of aromatic amines is 1. The maximum absolute atomic E-state index is 14.0. The predicted octanol–water partition coefficient (Wildman–Crippen LogP) is 2.81. The number of aromatic nitrogens is 1. The van der Waals surface area contributed by atoms with Gasteiger partial charge in [0.05, 0.1) is 19.3 Å². The van der Waals surface area contributed by atoms with E-state index in [-0.39, 0.29) is 36.9 Å². The summed E-state index contributed by atoms with van der Waals surface area (Å²) in [5.41, 5.74) is 4.35. The van der Waals surface area contributed by atoms with E-state index in [0.717, 1.165) is 42.1 Å². The molecule has 1 aliphatic heterocycles. The molecular weight excluding hydrogens is 504 g/mol. The van der Waals surface area contributed by atoms with Crippen LogP contribution in [0.4, 0.5) is 0 Å². The molecule has 0 radical (unpaired) electrons. The number of aryl methyl sites for hydroxylation is 1. The number of amides is 2. The predicted molar refractivity (Wildman–Crippen MR) is 156 cm³/mol. The van der Waals surface area contributed by atoms with Gasteiger partial charge in [0.2, 0.25) is 11.8 Å². The number of benzene rings is 2. The Labute approximate surface area is 236 Å². The molecule has 2 aliphatic rings. The highest BCUT2D eigenvalue weighted by molar-refractivity contribution is 5.90. The van der Waals surface area contributed by atoms with Crippen LogP contribution in [0.1, 0.15) is 56.2 Å². The number of likely N-dealkylation sites (tertiary alicyclic amines) is 1. The van der Waals surface area contributed by atoms with Crippen LogP contribution in [0.25, 0.3) is 10.9 Å². The summed E-state index contributed by atoms with van der Waals surface area (Å²) in [6.07, 6.45) is 6.52. The molecule has 8 heteroatoms. The molecule has 1 atom stereocenters. The molecule has 1 saturated heterocycles. The van der Waals surface area contributed by atoms with Crippen LogP contribution in [0.2, 0.25) is 0 Å². The zero-order chi connectivity index (χ0) is 28.3. The average Bonchev–Trinajstić information content (AvgIpc) is 3.53. The van der Waals surface area contributed by atoms with Crippen LogP contribution in [0.15, 0.2) is 54.7 Å². The highest BCUT2D eigenvalue weighted by atomic mass is 16.3. The lowest BCUT2D eigenvalue weighted by molar-refractivity contribution is -0.138. The van der Waals surface area contributed by atoms with Gasteiger partial charge < -0.3 is 30.7 Å². The smallest absolute Gasteiger partial charge is 0.245 e. The summed E-state index contributed by atoms with van der Waals surface area (Å²) in [6, 6.07) is 15.5. The summed E-state index contributed by atoms with van der Waals surface area (Å²) >= 11 is 0. The number of piperidine rings is 1. The van der Waals surface area contributed by atoms with E-state index in [9.17, 15) is 19.8 Å². The number of para-hydroxylation sites is 1. The summed E-state index contributed by atoms with van der Waals surface area (Å²) in [6.45, 7) is 4.59. The lowest BCUT2D eigenvalue weighted by Gasteiger charge is -2.41. The van der Waals surface area contributed by atoms with Crippen molar-refractivity contribution < 1.29 is 19.8 Å². The van der Waals surface area contributed by atoms with Gasteiger partial charge in [-0.15, -0.1) is 0 Å². The lowest BCUT2D eigenvalue weighted by atomic mass is 9.74. The van der Waals surface area contributed by atoms with Crippen molar-refractivity contribution in [2.45, 2.75) is 75.4 Å². The molecule has 0 bridgehead atoms. The molecule has 5 rings (SSSR count). The van der Waals surface area contributed by atoms with Crippen LogP contribution in [-0.2, 0) is 27.8 Å². The van der Waals surface area contributed by atoms with Gasteiger partial charge in [-0.1, -0.05) is 42.5 Å². The Morgan fingerprint density at radius 2 is 1.73 bits per heavy atom. The molecule has 1 spiro atoms. The van der Waals surface area contributed by atoms with Crippen molar-refractivity contribution in [2.24, 2.45) is 0 Å². The van der Waals surface area contributed by atoms with Gasteiger partial charge in [-0.05, 0) is 67.7 Å². The second-order valence-electron chi connectivity index (χ2n) is 12.2. The fourth-order valence-electron chi connectivity index (χ4n) is 6.78. The maximum atomic E-state index is 14.0. The number of rotatable bonds is 10. The average molecular weight is 547 g/mol. The van der Waals surface area contributed by atoms with E-state index >= 15 is 0 Å². The number of carbonyl (C=O) groups excluding carboxylic acids is 2. The SMILES string of the molecule is CC(C)(CC(=O)NC(Cc1c[nH]c2ccccc12)C(=O)N1CCC2(CCc3ccccc32)CC1)NC(CO)CO. The summed E-state index contributed by atoms with van der Waals surface area (Å²) < 4.78 is 0. The third kappa shape index (κ3) is 5.94. The zero-order valence-electron chi connectivity index (χ0n) is 23.6. The molecule has 2 amide bonds. The molecule has 1 fully saturated rings. The first-order valence-corrected chi connectivity index (χ1v) is 14.4. The Hall–Kier alpha value is -3.20. The highest BCUT2D eigenvalue weighted by Gasteiger charge is 2.42. The Kier molecular flexibility index (Phi) is 8.31. The molecule has 1 unspecified atom stereocenters. The van der Waals surface area contributed by atoms with Gasteiger partial charge in [0.1, 0.15) is 6.04 Å². The zero-order valence-corrected chi connectivity index (χ0v) is 23.6. The first-order valence-electron chi connectivity index (χ1n) is 14.4. The van der Waals surface area contributed by atoms with Crippen molar-refractivity contribution in [3.8, 4) is 0 Å². The highest BCUT2D eigenvalue weighted by Crippen LogP contribution is 2.46. The van der Waals surface area contributed by atoms with Crippen molar-refractivity contribution >= 4 is 22.7 Å². The second-order valence-corrected chi connectivity index (χ2v) is 12.2. The number of H-pyrrole nitrogens is 1. The molecule has 1 aromatic heterocycles. The van der Waals surface area contributed by atoms with Gasteiger partial charge in [-0.2, -0.15) is 0 Å². The van der Waals surface area contributed by atoms with E-state index in [0.29, 0.717) is 19.5 Å². The van der Waals surface area contributed by atoms with Gasteiger partial charge in [-0.25, -0.2) is 0 Å². The number of hydrogen-bond acceptors (Lipinski definition) is 5. The van der Waals surface area contributed by atoms with Crippen LogP contribution in [0.5, 0.6) is 0 Å². The normalized spacial score (nSPS) is 17.4. The topological polar surface area (TPSA) is 118 Å². The van der Waals surface area contributed by atoms with Crippen LogP contribution < -0.4 is 10.6 Å².